The van der Waals surface area contributed by atoms with Crippen LogP contribution in [0.5, 0.6) is 0 Å². The molecule has 0 saturated heterocycles. The van der Waals surface area contributed by atoms with Crippen molar-refractivity contribution in [3.63, 3.8) is 0 Å². The molecule has 0 bridgehead atoms. The minimum absolute atomic E-state index is 0.0686. The van der Waals surface area contributed by atoms with Crippen LogP contribution in [-0.2, 0) is 7.05 Å². The SMILES string of the molecule is Cc1ccc(C(=O)c2ccc3c(c2)oc(=O)n3C)c(C)c1. The second-order valence-electron chi connectivity index (χ2n) is 5.26. The van der Waals surface area contributed by atoms with Crippen LogP contribution in [-0.4, -0.2) is 10.4 Å². The summed E-state index contributed by atoms with van der Waals surface area (Å²) < 4.78 is 6.55. The van der Waals surface area contributed by atoms with Gasteiger partial charge in [0.25, 0.3) is 0 Å². The molecule has 3 rings (SSSR count). The fraction of sp³-hybridized carbons (Fsp3) is 0.176. The lowest BCUT2D eigenvalue weighted by molar-refractivity contribution is 0.103. The number of hydrogen-bond donors (Lipinski definition) is 0. The van der Waals surface area contributed by atoms with Gasteiger partial charge in [-0.05, 0) is 37.6 Å². The Kier molecular flexibility index (Phi) is 3.01. The average Bonchev–Trinajstić information content (AvgIpc) is 2.73. The van der Waals surface area contributed by atoms with Crippen LogP contribution in [0.25, 0.3) is 11.1 Å². The zero-order valence-corrected chi connectivity index (χ0v) is 12.1. The van der Waals surface area contributed by atoms with Gasteiger partial charge in [-0.2, -0.15) is 0 Å². The van der Waals surface area contributed by atoms with Gasteiger partial charge in [-0.3, -0.25) is 9.36 Å². The maximum atomic E-state index is 12.6. The Morgan fingerprint density at radius 1 is 1.10 bits per heavy atom. The maximum Gasteiger partial charge on any atom is 0.419 e. The van der Waals surface area contributed by atoms with E-state index in [4.69, 9.17) is 4.42 Å². The lowest BCUT2D eigenvalue weighted by Crippen LogP contribution is -2.08. The Bertz CT molecular complexity index is 915. The molecule has 2 aromatic carbocycles. The summed E-state index contributed by atoms with van der Waals surface area (Å²) in [4.78, 5) is 24.1. The molecule has 0 unspecified atom stereocenters. The van der Waals surface area contributed by atoms with Gasteiger partial charge in [0.2, 0.25) is 0 Å². The van der Waals surface area contributed by atoms with Gasteiger partial charge in [0.15, 0.2) is 11.4 Å². The van der Waals surface area contributed by atoms with E-state index in [0.29, 0.717) is 22.2 Å². The first-order valence-electron chi connectivity index (χ1n) is 6.69. The van der Waals surface area contributed by atoms with Crippen molar-refractivity contribution in [3.8, 4) is 0 Å². The molecule has 4 heteroatoms. The van der Waals surface area contributed by atoms with Crippen LogP contribution in [0.15, 0.2) is 45.6 Å². The Labute approximate surface area is 121 Å². The molecule has 0 radical (unpaired) electrons. The zero-order valence-electron chi connectivity index (χ0n) is 12.1. The van der Waals surface area contributed by atoms with E-state index in [1.807, 2.05) is 32.0 Å². The van der Waals surface area contributed by atoms with E-state index in [-0.39, 0.29) is 5.78 Å². The first-order valence-corrected chi connectivity index (χ1v) is 6.69. The third-order valence-electron chi connectivity index (χ3n) is 3.68. The number of benzene rings is 2. The van der Waals surface area contributed by atoms with Gasteiger partial charge < -0.3 is 4.42 Å². The molecule has 0 spiro atoms. The molecule has 1 heterocycles. The number of hydrogen-bond acceptors (Lipinski definition) is 3. The van der Waals surface area contributed by atoms with Crippen molar-refractivity contribution in [1.82, 2.24) is 4.57 Å². The molecule has 106 valence electrons. The summed E-state index contributed by atoms with van der Waals surface area (Å²) in [6, 6.07) is 10.8. The predicted molar refractivity (Wildman–Crippen MR) is 80.8 cm³/mol. The van der Waals surface area contributed by atoms with Gasteiger partial charge >= 0.3 is 5.76 Å². The van der Waals surface area contributed by atoms with Crippen molar-refractivity contribution in [3.05, 3.63) is 69.2 Å². The van der Waals surface area contributed by atoms with Crippen molar-refractivity contribution in [2.24, 2.45) is 7.05 Å². The molecule has 0 saturated carbocycles. The van der Waals surface area contributed by atoms with Crippen molar-refractivity contribution >= 4 is 16.9 Å². The number of rotatable bonds is 2. The van der Waals surface area contributed by atoms with Crippen LogP contribution in [0.1, 0.15) is 27.0 Å². The second kappa shape index (κ2) is 4.74. The summed E-state index contributed by atoms with van der Waals surface area (Å²) in [5.41, 5.74) is 4.35. The summed E-state index contributed by atoms with van der Waals surface area (Å²) in [5, 5.41) is 0. The molecular weight excluding hydrogens is 266 g/mol. The Hall–Kier alpha value is -2.62. The number of aromatic nitrogens is 1. The first-order chi connectivity index (χ1) is 9.97. The largest absolute Gasteiger partial charge is 0.419 e. The molecule has 4 nitrogen and oxygen atoms in total. The van der Waals surface area contributed by atoms with Gasteiger partial charge in [0.1, 0.15) is 0 Å². The van der Waals surface area contributed by atoms with E-state index < -0.39 is 5.76 Å². The summed E-state index contributed by atoms with van der Waals surface area (Å²) in [7, 11) is 1.64. The van der Waals surface area contributed by atoms with Gasteiger partial charge in [-0.15, -0.1) is 0 Å². The molecule has 0 amide bonds. The molecule has 3 aromatic rings. The molecule has 0 N–H and O–H groups in total. The number of carbonyl (C=O) groups is 1. The molecule has 0 aliphatic heterocycles. The highest BCUT2D eigenvalue weighted by Gasteiger charge is 2.14. The van der Waals surface area contributed by atoms with E-state index in [1.54, 1.807) is 25.2 Å². The van der Waals surface area contributed by atoms with E-state index in [1.165, 1.54) is 4.57 Å². The zero-order chi connectivity index (χ0) is 15.1. The highest BCUT2D eigenvalue weighted by molar-refractivity contribution is 6.11. The lowest BCUT2D eigenvalue weighted by atomic mass is 9.97. The van der Waals surface area contributed by atoms with Crippen molar-refractivity contribution in [2.75, 3.05) is 0 Å². The number of oxazole rings is 1. The number of fused-ring (bicyclic) bond motifs is 1. The molecule has 1 aromatic heterocycles. The average molecular weight is 281 g/mol. The minimum atomic E-state index is -0.430. The van der Waals surface area contributed by atoms with E-state index in [2.05, 4.69) is 0 Å². The topological polar surface area (TPSA) is 52.2 Å². The maximum absolute atomic E-state index is 12.6. The molecular formula is C17H15NO3. The minimum Gasteiger partial charge on any atom is -0.408 e. The Morgan fingerprint density at radius 2 is 1.86 bits per heavy atom. The first kappa shape index (κ1) is 13.4. The Morgan fingerprint density at radius 3 is 2.57 bits per heavy atom. The van der Waals surface area contributed by atoms with Gasteiger partial charge in [-0.1, -0.05) is 23.8 Å². The van der Waals surface area contributed by atoms with Crippen LogP contribution in [0.3, 0.4) is 0 Å². The summed E-state index contributed by atoms with van der Waals surface area (Å²) in [6.45, 7) is 3.91. The fourth-order valence-electron chi connectivity index (χ4n) is 2.50. The van der Waals surface area contributed by atoms with Gasteiger partial charge in [0.05, 0.1) is 5.52 Å². The summed E-state index contributed by atoms with van der Waals surface area (Å²) in [6.07, 6.45) is 0. The van der Waals surface area contributed by atoms with E-state index in [9.17, 15) is 9.59 Å². The lowest BCUT2D eigenvalue weighted by Gasteiger charge is -2.06. The van der Waals surface area contributed by atoms with Crippen LogP contribution in [0.2, 0.25) is 0 Å². The van der Waals surface area contributed by atoms with Gasteiger partial charge in [0, 0.05) is 18.2 Å². The number of nitrogens with zero attached hydrogens (tertiary/aromatic N) is 1. The molecule has 0 aliphatic rings. The van der Waals surface area contributed by atoms with Crippen molar-refractivity contribution in [2.45, 2.75) is 13.8 Å². The monoisotopic (exact) mass is 281 g/mol. The molecule has 0 aliphatic carbocycles. The summed E-state index contributed by atoms with van der Waals surface area (Å²) in [5.74, 6) is -0.498. The van der Waals surface area contributed by atoms with E-state index >= 15 is 0 Å². The second-order valence-corrected chi connectivity index (χ2v) is 5.26. The molecule has 21 heavy (non-hydrogen) atoms. The highest BCUT2D eigenvalue weighted by Crippen LogP contribution is 2.19. The van der Waals surface area contributed by atoms with Crippen LogP contribution >= 0.6 is 0 Å². The smallest absolute Gasteiger partial charge is 0.408 e. The van der Waals surface area contributed by atoms with Gasteiger partial charge in [-0.25, -0.2) is 4.79 Å². The highest BCUT2D eigenvalue weighted by atomic mass is 16.4. The number of carbonyl (C=O) groups excluding carboxylic acids is 1. The number of ketones is 1. The van der Waals surface area contributed by atoms with Crippen LogP contribution in [0.4, 0.5) is 0 Å². The van der Waals surface area contributed by atoms with Crippen molar-refractivity contribution in [1.29, 1.82) is 0 Å². The van der Waals surface area contributed by atoms with Crippen LogP contribution < -0.4 is 5.76 Å². The Balaban J connectivity index is 2.11. The van der Waals surface area contributed by atoms with Crippen molar-refractivity contribution < 1.29 is 9.21 Å². The predicted octanol–water partition coefficient (Wildman–Crippen LogP) is 2.98. The fourth-order valence-corrected chi connectivity index (χ4v) is 2.50. The normalized spacial score (nSPS) is 11.0. The quantitative estimate of drug-likeness (QED) is 0.678. The summed E-state index contributed by atoms with van der Waals surface area (Å²) >= 11 is 0. The van der Waals surface area contributed by atoms with E-state index in [0.717, 1.165) is 11.1 Å². The third kappa shape index (κ3) is 2.18. The molecule has 0 atom stereocenters. The standard InChI is InChI=1S/C17H15NO3/c1-10-4-6-13(11(2)8-10)16(19)12-5-7-14-15(9-12)21-17(20)18(14)3/h4-9H,1-3H3. The molecule has 0 fully saturated rings. The van der Waals surface area contributed by atoms with Crippen LogP contribution in [0, 0.1) is 13.8 Å². The number of aryl methyl sites for hydroxylation is 3. The third-order valence-corrected chi connectivity index (χ3v) is 3.68.